The number of fused-ring (bicyclic) bond motifs is 6. The Labute approximate surface area is 463 Å². The Kier molecular flexibility index (Phi) is 12.1. The maximum absolute atomic E-state index is 2.47. The molecule has 0 aliphatic heterocycles. The van der Waals surface area contributed by atoms with E-state index >= 15 is 0 Å². The summed E-state index contributed by atoms with van der Waals surface area (Å²) in [5.41, 5.74) is 26.1. The molecule has 0 saturated heterocycles. The van der Waals surface area contributed by atoms with Crippen molar-refractivity contribution in [1.29, 1.82) is 0 Å². The van der Waals surface area contributed by atoms with Crippen LogP contribution in [0.2, 0.25) is 0 Å². The van der Waals surface area contributed by atoms with E-state index in [-0.39, 0.29) is 0 Å². The van der Waals surface area contributed by atoms with Crippen LogP contribution in [0.1, 0.15) is 47.2 Å². The minimum absolute atomic E-state index is 0.544. The molecule has 0 radical (unpaired) electrons. The highest BCUT2D eigenvalue weighted by molar-refractivity contribution is 6.10. The molecular formula is C77H58N2. The summed E-state index contributed by atoms with van der Waals surface area (Å²) in [5.74, 6) is 0. The molecule has 0 amide bonds. The van der Waals surface area contributed by atoms with Crippen LogP contribution in [0.3, 0.4) is 0 Å². The van der Waals surface area contributed by atoms with Gasteiger partial charge in [-0.05, 0) is 163 Å². The van der Waals surface area contributed by atoms with Crippen molar-refractivity contribution in [2.24, 2.45) is 0 Å². The van der Waals surface area contributed by atoms with Crippen molar-refractivity contribution in [2.45, 2.75) is 32.1 Å². The molecule has 2 nitrogen and oxygen atoms in total. The first kappa shape index (κ1) is 47.7. The van der Waals surface area contributed by atoms with E-state index in [1.54, 1.807) is 0 Å². The number of para-hydroxylation sites is 1. The predicted octanol–water partition coefficient (Wildman–Crippen LogP) is 20.4. The maximum atomic E-state index is 2.47. The monoisotopic (exact) mass is 1010 g/mol. The van der Waals surface area contributed by atoms with Crippen LogP contribution >= 0.6 is 0 Å². The lowest BCUT2D eigenvalue weighted by Gasteiger charge is -2.35. The summed E-state index contributed by atoms with van der Waals surface area (Å²) in [4.78, 5) is 2.47. The first-order chi connectivity index (χ1) is 39.1. The number of hydrogen-bond donors (Lipinski definition) is 0. The highest BCUT2D eigenvalue weighted by atomic mass is 15.1. The zero-order valence-electron chi connectivity index (χ0n) is 44.5. The largest absolute Gasteiger partial charge is 0.310 e. The van der Waals surface area contributed by atoms with Crippen molar-refractivity contribution < 1.29 is 0 Å². The summed E-state index contributed by atoms with van der Waals surface area (Å²) in [6.45, 7) is 4.47. The van der Waals surface area contributed by atoms with Crippen LogP contribution < -0.4 is 4.90 Å². The first-order valence-electron chi connectivity index (χ1n) is 27.9. The third-order valence-corrected chi connectivity index (χ3v) is 16.7. The number of hydrogen-bond acceptors (Lipinski definition) is 1. The van der Waals surface area contributed by atoms with Crippen molar-refractivity contribution in [1.82, 2.24) is 4.57 Å². The Morgan fingerprint density at radius 2 is 0.759 bits per heavy atom. The molecule has 1 aromatic heterocycles. The molecular weight excluding hydrogens is 953 g/mol. The summed E-state index contributed by atoms with van der Waals surface area (Å²) in [6, 6.07) is 108. The van der Waals surface area contributed by atoms with Crippen LogP contribution in [0.25, 0.3) is 83.1 Å². The lowest BCUT2D eigenvalue weighted by atomic mass is 9.67. The van der Waals surface area contributed by atoms with Crippen molar-refractivity contribution in [2.75, 3.05) is 4.90 Å². The standard InChI is InChI=1S/C77H58N2/c1-3-53-32-48-75-70(50-53)71-51-54(4-2)33-49-76(71)79(75)63-44-40-58(41-45-63)56-36-34-55(35-37-56)57-38-42-62(43-39-57)78(74-31-19-17-29-69(74)66-27-15-14-26-65(66)59-20-8-5-9-21-59)64-46-47-68-67-28-16-18-30-72(67)77(73(68)52-64,60-22-10-6-11-23-60)61-24-12-7-13-25-61/h5-52H,3-4H2,1-2H3. The molecule has 12 aromatic carbocycles. The SMILES string of the molecule is CCc1ccc2c(c1)c1cc(CC)ccc1n2-c1ccc(-c2ccc(-c3ccc(N(c4ccc5c(c4)C(c4ccccc4)(c4ccccc4)c4ccccc4-5)c4ccccc4-c4ccccc4-c4ccccc4)cc3)cc2)cc1. The fourth-order valence-electron chi connectivity index (χ4n) is 12.8. The topological polar surface area (TPSA) is 8.17 Å². The normalized spacial score (nSPS) is 12.4. The molecule has 0 bridgehead atoms. The molecule has 13 aromatic rings. The minimum Gasteiger partial charge on any atom is -0.310 e. The molecule has 0 unspecified atom stereocenters. The van der Waals surface area contributed by atoms with Crippen LogP contribution in [-0.2, 0) is 18.3 Å². The quantitative estimate of drug-likeness (QED) is 0.118. The molecule has 1 heterocycles. The summed E-state index contributed by atoms with van der Waals surface area (Å²) < 4.78 is 2.43. The number of rotatable bonds is 12. The van der Waals surface area contributed by atoms with Gasteiger partial charge in [-0.25, -0.2) is 0 Å². The number of nitrogens with zero attached hydrogens (tertiary/aromatic N) is 2. The van der Waals surface area contributed by atoms with Crippen molar-refractivity contribution in [3.05, 3.63) is 325 Å². The Morgan fingerprint density at radius 3 is 1.33 bits per heavy atom. The van der Waals surface area contributed by atoms with Crippen molar-refractivity contribution in [3.63, 3.8) is 0 Å². The van der Waals surface area contributed by atoms with Gasteiger partial charge in [0, 0.05) is 33.4 Å². The molecule has 0 fully saturated rings. The highest BCUT2D eigenvalue weighted by Gasteiger charge is 2.46. The lowest BCUT2D eigenvalue weighted by Crippen LogP contribution is -2.28. The molecule has 79 heavy (non-hydrogen) atoms. The third kappa shape index (κ3) is 8.10. The van der Waals surface area contributed by atoms with E-state index in [0.29, 0.717) is 0 Å². The second-order valence-electron chi connectivity index (χ2n) is 20.9. The van der Waals surface area contributed by atoms with Gasteiger partial charge in [0.25, 0.3) is 0 Å². The summed E-state index contributed by atoms with van der Waals surface area (Å²) in [7, 11) is 0. The predicted molar refractivity (Wildman–Crippen MR) is 333 cm³/mol. The fourth-order valence-corrected chi connectivity index (χ4v) is 12.8. The van der Waals surface area contributed by atoms with Crippen molar-refractivity contribution >= 4 is 38.9 Å². The van der Waals surface area contributed by atoms with Gasteiger partial charge in [0.1, 0.15) is 0 Å². The Morgan fingerprint density at radius 1 is 0.316 bits per heavy atom. The molecule has 2 heteroatoms. The van der Waals surface area contributed by atoms with Gasteiger partial charge in [-0.15, -0.1) is 0 Å². The molecule has 0 N–H and O–H groups in total. The fraction of sp³-hybridized carbons (Fsp3) is 0.0649. The van der Waals surface area contributed by atoms with Gasteiger partial charge in [0.15, 0.2) is 0 Å². The van der Waals surface area contributed by atoms with E-state index in [2.05, 4.69) is 315 Å². The smallest absolute Gasteiger partial charge is 0.0714 e. The van der Waals surface area contributed by atoms with Crippen LogP contribution in [0.15, 0.2) is 291 Å². The molecule has 1 aliphatic rings. The summed E-state index contributed by atoms with van der Waals surface area (Å²) in [6.07, 6.45) is 2.04. The van der Waals surface area contributed by atoms with Gasteiger partial charge in [-0.2, -0.15) is 0 Å². The van der Waals surface area contributed by atoms with Gasteiger partial charge < -0.3 is 9.47 Å². The Balaban J connectivity index is 0.859. The van der Waals surface area contributed by atoms with Crippen LogP contribution in [0, 0.1) is 0 Å². The third-order valence-electron chi connectivity index (χ3n) is 16.7. The highest BCUT2D eigenvalue weighted by Crippen LogP contribution is 2.57. The zero-order valence-corrected chi connectivity index (χ0v) is 44.5. The van der Waals surface area contributed by atoms with E-state index < -0.39 is 5.41 Å². The maximum Gasteiger partial charge on any atom is 0.0714 e. The lowest BCUT2D eigenvalue weighted by molar-refractivity contribution is 0.768. The van der Waals surface area contributed by atoms with Gasteiger partial charge in [-0.1, -0.05) is 238 Å². The average molecular weight is 1010 g/mol. The van der Waals surface area contributed by atoms with Gasteiger partial charge in [0.2, 0.25) is 0 Å². The molecule has 0 saturated carbocycles. The number of aromatic nitrogens is 1. The number of aryl methyl sites for hydroxylation is 2. The minimum atomic E-state index is -0.544. The van der Waals surface area contributed by atoms with Crippen LogP contribution in [-0.4, -0.2) is 4.57 Å². The summed E-state index contributed by atoms with van der Waals surface area (Å²) >= 11 is 0. The molecule has 376 valence electrons. The van der Waals surface area contributed by atoms with Gasteiger partial charge in [0.05, 0.1) is 22.1 Å². The van der Waals surface area contributed by atoms with Crippen LogP contribution in [0.5, 0.6) is 0 Å². The van der Waals surface area contributed by atoms with E-state index in [1.165, 1.54) is 105 Å². The molecule has 0 spiro atoms. The van der Waals surface area contributed by atoms with Gasteiger partial charge in [-0.3, -0.25) is 0 Å². The second-order valence-corrected chi connectivity index (χ2v) is 20.9. The van der Waals surface area contributed by atoms with E-state index in [9.17, 15) is 0 Å². The van der Waals surface area contributed by atoms with E-state index in [1.807, 2.05) is 0 Å². The zero-order chi connectivity index (χ0) is 52.9. The van der Waals surface area contributed by atoms with E-state index in [4.69, 9.17) is 0 Å². The summed E-state index contributed by atoms with van der Waals surface area (Å²) in [5, 5.41) is 2.64. The molecule has 1 aliphatic carbocycles. The Hall–Kier alpha value is -9.76. The first-order valence-corrected chi connectivity index (χ1v) is 27.9. The average Bonchev–Trinajstić information content (AvgIpc) is 3.50. The Bertz CT molecular complexity index is 4240. The second kappa shape index (κ2) is 20.0. The van der Waals surface area contributed by atoms with Gasteiger partial charge >= 0.3 is 0 Å². The molecule has 14 rings (SSSR count). The van der Waals surface area contributed by atoms with Crippen molar-refractivity contribution in [3.8, 4) is 61.3 Å². The number of benzene rings is 12. The van der Waals surface area contributed by atoms with Crippen LogP contribution in [0.4, 0.5) is 17.1 Å². The number of anilines is 3. The van der Waals surface area contributed by atoms with E-state index in [0.717, 1.165) is 41.0 Å². The molecule has 0 atom stereocenters.